The van der Waals surface area contributed by atoms with Crippen molar-refractivity contribution >= 4 is 33.2 Å². The van der Waals surface area contributed by atoms with Crippen molar-refractivity contribution < 1.29 is 18.0 Å². The highest BCUT2D eigenvalue weighted by Gasteiger charge is 2.17. The molecule has 0 spiro atoms. The summed E-state index contributed by atoms with van der Waals surface area (Å²) in [7, 11) is -3.36. The first-order valence-electron chi connectivity index (χ1n) is 8.00. The summed E-state index contributed by atoms with van der Waals surface area (Å²) in [6.45, 7) is 6.73. The van der Waals surface area contributed by atoms with Crippen LogP contribution in [0, 0.1) is 12.8 Å². The molecular weight excluding hydrogens is 344 g/mol. The van der Waals surface area contributed by atoms with Crippen LogP contribution in [0.3, 0.4) is 0 Å². The number of carbonyl (C=O) groups is 2. The van der Waals surface area contributed by atoms with Crippen molar-refractivity contribution in [2.24, 2.45) is 11.7 Å². The number of anilines is 2. The van der Waals surface area contributed by atoms with Crippen LogP contribution in [-0.2, 0) is 19.6 Å². The number of rotatable bonds is 8. The Morgan fingerprint density at radius 1 is 1.24 bits per heavy atom. The Hall–Kier alpha value is -2.13. The standard InChI is InChI=1S/C16H26N4O4S/c1-5-25(23,24)20-13-7-6-12(8-11(13)4)19-14(21)9-18-16(22)15(17)10(2)3/h6-8,10,15,20H,5,9,17H2,1-4H3,(H,18,22)(H,19,21)/t15-/m0/s1. The third-order valence-corrected chi connectivity index (χ3v) is 4.89. The third kappa shape index (κ3) is 6.71. The SMILES string of the molecule is CCS(=O)(=O)Nc1ccc(NC(=O)CNC(=O)[C@@H](N)C(C)C)cc1C. The third-order valence-electron chi connectivity index (χ3n) is 3.60. The van der Waals surface area contributed by atoms with Gasteiger partial charge in [0, 0.05) is 5.69 Å². The van der Waals surface area contributed by atoms with Crippen LogP contribution in [0.1, 0.15) is 26.3 Å². The van der Waals surface area contributed by atoms with Crippen LogP contribution in [0.5, 0.6) is 0 Å². The van der Waals surface area contributed by atoms with Gasteiger partial charge in [0.25, 0.3) is 0 Å². The van der Waals surface area contributed by atoms with E-state index in [0.717, 1.165) is 0 Å². The first-order valence-corrected chi connectivity index (χ1v) is 9.65. The van der Waals surface area contributed by atoms with E-state index in [-0.39, 0.29) is 24.1 Å². The van der Waals surface area contributed by atoms with Crippen molar-refractivity contribution in [1.29, 1.82) is 0 Å². The van der Waals surface area contributed by atoms with E-state index in [1.54, 1.807) is 32.0 Å². The molecule has 1 rings (SSSR count). The molecule has 0 heterocycles. The van der Waals surface area contributed by atoms with E-state index >= 15 is 0 Å². The fourth-order valence-electron chi connectivity index (χ4n) is 1.89. The van der Waals surface area contributed by atoms with Crippen molar-refractivity contribution in [3.05, 3.63) is 23.8 Å². The van der Waals surface area contributed by atoms with Gasteiger partial charge >= 0.3 is 0 Å². The molecule has 0 saturated heterocycles. The summed E-state index contributed by atoms with van der Waals surface area (Å²) in [5.41, 5.74) is 7.32. The molecule has 0 aliphatic carbocycles. The highest BCUT2D eigenvalue weighted by Crippen LogP contribution is 2.20. The lowest BCUT2D eigenvalue weighted by atomic mass is 10.1. The Labute approximate surface area is 148 Å². The predicted molar refractivity (Wildman–Crippen MR) is 98.7 cm³/mol. The van der Waals surface area contributed by atoms with Crippen molar-refractivity contribution in [2.45, 2.75) is 33.7 Å². The first-order chi connectivity index (χ1) is 11.6. The fourth-order valence-corrected chi connectivity index (χ4v) is 2.60. The molecule has 0 aliphatic heterocycles. The Morgan fingerprint density at radius 3 is 2.40 bits per heavy atom. The van der Waals surface area contributed by atoms with Crippen LogP contribution < -0.4 is 21.1 Å². The lowest BCUT2D eigenvalue weighted by Crippen LogP contribution is -2.46. The first kappa shape index (κ1) is 20.9. The molecule has 0 radical (unpaired) electrons. The molecule has 1 aromatic rings. The van der Waals surface area contributed by atoms with Crippen LogP contribution in [0.15, 0.2) is 18.2 Å². The van der Waals surface area contributed by atoms with Crippen LogP contribution >= 0.6 is 0 Å². The summed E-state index contributed by atoms with van der Waals surface area (Å²) in [4.78, 5) is 23.6. The Bertz CT molecular complexity index is 732. The van der Waals surface area contributed by atoms with Gasteiger partial charge in [0.1, 0.15) is 0 Å². The topological polar surface area (TPSA) is 130 Å². The van der Waals surface area contributed by atoms with Crippen LogP contribution in [0.4, 0.5) is 11.4 Å². The summed E-state index contributed by atoms with van der Waals surface area (Å²) >= 11 is 0. The smallest absolute Gasteiger partial charge is 0.243 e. The summed E-state index contributed by atoms with van der Waals surface area (Å²) in [5, 5.41) is 5.12. The van der Waals surface area contributed by atoms with E-state index < -0.39 is 22.0 Å². The molecule has 0 aromatic heterocycles. The van der Waals surface area contributed by atoms with Crippen LogP contribution in [0.25, 0.3) is 0 Å². The van der Waals surface area contributed by atoms with Crippen LogP contribution in [-0.4, -0.2) is 38.6 Å². The highest BCUT2D eigenvalue weighted by molar-refractivity contribution is 7.92. The molecule has 2 amide bonds. The number of sulfonamides is 1. The van der Waals surface area contributed by atoms with Gasteiger partial charge in [-0.3, -0.25) is 14.3 Å². The zero-order chi connectivity index (χ0) is 19.2. The van der Waals surface area contributed by atoms with Crippen molar-refractivity contribution in [2.75, 3.05) is 22.3 Å². The molecule has 25 heavy (non-hydrogen) atoms. The maximum absolute atomic E-state index is 11.9. The molecular formula is C16H26N4O4S. The van der Waals surface area contributed by atoms with Gasteiger partial charge in [-0.25, -0.2) is 8.42 Å². The summed E-state index contributed by atoms with van der Waals surface area (Å²) < 4.78 is 25.7. The van der Waals surface area contributed by atoms with E-state index in [4.69, 9.17) is 5.73 Å². The number of aryl methyl sites for hydroxylation is 1. The minimum absolute atomic E-state index is 0.0230. The second-order valence-electron chi connectivity index (χ2n) is 6.07. The largest absolute Gasteiger partial charge is 0.346 e. The Kier molecular flexibility index (Phi) is 7.38. The fraction of sp³-hybridized carbons (Fsp3) is 0.500. The lowest BCUT2D eigenvalue weighted by Gasteiger charge is -2.15. The molecule has 0 saturated carbocycles. The number of benzene rings is 1. The number of carbonyl (C=O) groups excluding carboxylic acids is 2. The minimum atomic E-state index is -3.36. The van der Waals surface area contributed by atoms with Gasteiger partial charge in [-0.05, 0) is 43.5 Å². The quantitative estimate of drug-likeness (QED) is 0.537. The average molecular weight is 370 g/mol. The van der Waals surface area contributed by atoms with Gasteiger partial charge < -0.3 is 16.4 Å². The van der Waals surface area contributed by atoms with E-state index in [0.29, 0.717) is 16.9 Å². The van der Waals surface area contributed by atoms with Gasteiger partial charge in [0.05, 0.1) is 24.0 Å². The van der Waals surface area contributed by atoms with Crippen LogP contribution in [0.2, 0.25) is 0 Å². The average Bonchev–Trinajstić information content (AvgIpc) is 2.54. The maximum Gasteiger partial charge on any atom is 0.243 e. The highest BCUT2D eigenvalue weighted by atomic mass is 32.2. The summed E-state index contributed by atoms with van der Waals surface area (Å²) in [6, 6.07) is 4.14. The zero-order valence-electron chi connectivity index (χ0n) is 14.9. The second kappa shape index (κ2) is 8.82. The molecule has 1 atom stereocenters. The van der Waals surface area contributed by atoms with E-state index in [9.17, 15) is 18.0 Å². The Morgan fingerprint density at radius 2 is 1.88 bits per heavy atom. The molecule has 140 valence electrons. The van der Waals surface area contributed by atoms with Gasteiger partial charge in [-0.15, -0.1) is 0 Å². The molecule has 5 N–H and O–H groups in total. The number of nitrogens with two attached hydrogens (primary N) is 1. The predicted octanol–water partition coefficient (Wildman–Crippen LogP) is 0.795. The number of nitrogens with one attached hydrogen (secondary N) is 3. The molecule has 0 aliphatic rings. The molecule has 9 heteroatoms. The number of amides is 2. The zero-order valence-corrected chi connectivity index (χ0v) is 15.7. The van der Waals surface area contributed by atoms with Gasteiger partial charge in [-0.1, -0.05) is 13.8 Å². The maximum atomic E-state index is 11.9. The Balaban J connectivity index is 2.64. The summed E-state index contributed by atoms with van der Waals surface area (Å²) in [6.07, 6.45) is 0. The monoisotopic (exact) mass is 370 g/mol. The normalized spacial score (nSPS) is 12.6. The molecule has 0 bridgehead atoms. The van der Waals surface area contributed by atoms with E-state index in [2.05, 4.69) is 15.4 Å². The van der Waals surface area contributed by atoms with E-state index in [1.807, 2.05) is 13.8 Å². The second-order valence-corrected chi connectivity index (χ2v) is 8.08. The van der Waals surface area contributed by atoms with Crippen molar-refractivity contribution in [3.8, 4) is 0 Å². The van der Waals surface area contributed by atoms with Gasteiger partial charge in [-0.2, -0.15) is 0 Å². The molecule has 1 aromatic carbocycles. The molecule has 0 unspecified atom stereocenters. The van der Waals surface area contributed by atoms with Crippen molar-refractivity contribution in [1.82, 2.24) is 5.32 Å². The van der Waals surface area contributed by atoms with Gasteiger partial charge in [0.15, 0.2) is 0 Å². The number of hydrogen-bond acceptors (Lipinski definition) is 5. The van der Waals surface area contributed by atoms with E-state index in [1.165, 1.54) is 0 Å². The lowest BCUT2D eigenvalue weighted by molar-refractivity contribution is -0.125. The molecule has 0 fully saturated rings. The van der Waals surface area contributed by atoms with Crippen molar-refractivity contribution in [3.63, 3.8) is 0 Å². The van der Waals surface area contributed by atoms with Gasteiger partial charge in [0.2, 0.25) is 21.8 Å². The minimum Gasteiger partial charge on any atom is -0.346 e. The number of hydrogen-bond donors (Lipinski definition) is 4. The summed E-state index contributed by atoms with van der Waals surface area (Å²) in [5.74, 6) is -0.829. The molecule has 8 nitrogen and oxygen atoms in total.